The molecule has 72 valence electrons. The molecule has 1 N–H and O–H groups in total. The molecule has 0 bridgehead atoms. The van der Waals surface area contributed by atoms with E-state index < -0.39 is 0 Å². The summed E-state index contributed by atoms with van der Waals surface area (Å²) in [5.41, 5.74) is 0.135. The number of allylic oxidation sites excluding steroid dienone is 1. The first-order valence-electron chi connectivity index (χ1n) is 5.59. The summed E-state index contributed by atoms with van der Waals surface area (Å²) < 4.78 is 0. The Kier molecular flexibility index (Phi) is 1.48. The molecule has 0 amide bonds. The van der Waals surface area contributed by atoms with E-state index in [1.54, 1.807) is 0 Å². The molecule has 0 heterocycles. The Morgan fingerprint density at radius 1 is 1.31 bits per heavy atom. The first kappa shape index (κ1) is 8.05. The average Bonchev–Trinajstić information content (AvgIpc) is 2.71. The topological polar surface area (TPSA) is 20.2 Å². The zero-order valence-corrected chi connectivity index (χ0v) is 8.24. The van der Waals surface area contributed by atoms with Gasteiger partial charge in [-0.05, 0) is 37.0 Å². The molecule has 1 nitrogen and oxygen atoms in total. The quantitative estimate of drug-likeness (QED) is 0.565. The zero-order chi connectivity index (χ0) is 9.05. The van der Waals surface area contributed by atoms with E-state index in [0.717, 1.165) is 11.8 Å². The third kappa shape index (κ3) is 0.817. The van der Waals surface area contributed by atoms with Crippen molar-refractivity contribution in [1.82, 2.24) is 0 Å². The molecule has 0 aromatic rings. The molecule has 0 aromatic heterocycles. The summed E-state index contributed by atoms with van der Waals surface area (Å²) >= 11 is 0. The highest BCUT2D eigenvalue weighted by molar-refractivity contribution is 5.20. The Hall–Kier alpha value is -0.300. The van der Waals surface area contributed by atoms with Gasteiger partial charge in [0, 0.05) is 5.41 Å². The predicted octanol–water partition coefficient (Wildman–Crippen LogP) is 2.36. The standard InChI is InChI=1S/C12H18O/c1-12-7-3-6-10(12)8-4-2-5-9(8)11(12)13/h3,7-11,13H,2,4-6H2,1H3/t8-,9+,10-,11-,12-/m0/s1. The molecule has 0 radical (unpaired) electrons. The zero-order valence-electron chi connectivity index (χ0n) is 8.24. The molecule has 3 aliphatic rings. The lowest BCUT2D eigenvalue weighted by Crippen LogP contribution is -2.30. The van der Waals surface area contributed by atoms with Crippen molar-refractivity contribution in [3.63, 3.8) is 0 Å². The van der Waals surface area contributed by atoms with Crippen molar-refractivity contribution in [2.45, 2.75) is 38.7 Å². The van der Waals surface area contributed by atoms with Crippen LogP contribution in [0.3, 0.4) is 0 Å². The summed E-state index contributed by atoms with van der Waals surface area (Å²) in [5.74, 6) is 2.21. The molecule has 5 atom stereocenters. The minimum atomic E-state index is -0.0521. The second kappa shape index (κ2) is 2.38. The van der Waals surface area contributed by atoms with E-state index in [-0.39, 0.29) is 11.5 Å². The smallest absolute Gasteiger partial charge is 0.0661 e. The van der Waals surface area contributed by atoms with Gasteiger partial charge in [0.25, 0.3) is 0 Å². The summed E-state index contributed by atoms with van der Waals surface area (Å²) in [6.45, 7) is 2.25. The van der Waals surface area contributed by atoms with Crippen molar-refractivity contribution < 1.29 is 5.11 Å². The Balaban J connectivity index is 2.00. The fraction of sp³-hybridized carbons (Fsp3) is 0.833. The van der Waals surface area contributed by atoms with Crippen LogP contribution in [0, 0.1) is 23.2 Å². The summed E-state index contributed by atoms with van der Waals surface area (Å²) in [7, 11) is 0. The van der Waals surface area contributed by atoms with E-state index in [4.69, 9.17) is 0 Å². The van der Waals surface area contributed by atoms with Gasteiger partial charge in [0.15, 0.2) is 0 Å². The Labute approximate surface area is 79.8 Å². The monoisotopic (exact) mass is 178 g/mol. The van der Waals surface area contributed by atoms with Crippen LogP contribution in [0.25, 0.3) is 0 Å². The maximum absolute atomic E-state index is 10.3. The van der Waals surface area contributed by atoms with Crippen molar-refractivity contribution >= 4 is 0 Å². The lowest BCUT2D eigenvalue weighted by atomic mass is 9.78. The molecular weight excluding hydrogens is 160 g/mol. The van der Waals surface area contributed by atoms with E-state index in [1.165, 1.54) is 25.7 Å². The van der Waals surface area contributed by atoms with Gasteiger partial charge >= 0.3 is 0 Å². The molecule has 3 rings (SSSR count). The molecule has 0 aliphatic heterocycles. The normalized spacial score (nSPS) is 58.3. The number of aliphatic hydroxyl groups is 1. The largest absolute Gasteiger partial charge is 0.392 e. The van der Waals surface area contributed by atoms with Crippen molar-refractivity contribution in [2.24, 2.45) is 23.2 Å². The Bertz CT molecular complexity index is 258. The molecule has 0 saturated heterocycles. The summed E-state index contributed by atoms with van der Waals surface area (Å²) in [4.78, 5) is 0. The summed E-state index contributed by atoms with van der Waals surface area (Å²) in [6, 6.07) is 0. The van der Waals surface area contributed by atoms with Crippen molar-refractivity contribution in [3.05, 3.63) is 12.2 Å². The SMILES string of the molecule is C[C@]12C=CC[C@H]1[C@H]1CCC[C@H]1[C@@H]2O. The van der Waals surface area contributed by atoms with Gasteiger partial charge in [-0.2, -0.15) is 0 Å². The minimum absolute atomic E-state index is 0.0521. The van der Waals surface area contributed by atoms with Crippen molar-refractivity contribution in [2.75, 3.05) is 0 Å². The average molecular weight is 178 g/mol. The van der Waals surface area contributed by atoms with Crippen molar-refractivity contribution in [3.8, 4) is 0 Å². The third-order valence-corrected chi connectivity index (χ3v) is 4.85. The molecule has 2 saturated carbocycles. The number of aliphatic hydroxyl groups excluding tert-OH is 1. The molecule has 1 heteroatoms. The molecular formula is C12H18O. The van der Waals surface area contributed by atoms with Gasteiger partial charge in [-0.25, -0.2) is 0 Å². The Morgan fingerprint density at radius 2 is 2.08 bits per heavy atom. The maximum Gasteiger partial charge on any atom is 0.0661 e. The highest BCUT2D eigenvalue weighted by Crippen LogP contribution is 2.60. The molecule has 0 spiro atoms. The van der Waals surface area contributed by atoms with E-state index in [9.17, 15) is 5.11 Å². The third-order valence-electron chi connectivity index (χ3n) is 4.85. The summed E-state index contributed by atoms with van der Waals surface area (Å²) in [6.07, 6.45) is 9.70. The van der Waals surface area contributed by atoms with Crippen LogP contribution in [-0.2, 0) is 0 Å². The van der Waals surface area contributed by atoms with Crippen LogP contribution in [0.5, 0.6) is 0 Å². The van der Waals surface area contributed by atoms with Crippen LogP contribution in [0.15, 0.2) is 12.2 Å². The van der Waals surface area contributed by atoms with Crippen LogP contribution in [0.2, 0.25) is 0 Å². The van der Waals surface area contributed by atoms with Gasteiger partial charge in [-0.3, -0.25) is 0 Å². The first-order chi connectivity index (χ1) is 6.23. The first-order valence-corrected chi connectivity index (χ1v) is 5.59. The molecule has 0 aromatic carbocycles. The van der Waals surface area contributed by atoms with Crippen LogP contribution in [0.4, 0.5) is 0 Å². The van der Waals surface area contributed by atoms with E-state index >= 15 is 0 Å². The highest BCUT2D eigenvalue weighted by Gasteiger charge is 2.57. The molecule has 2 fully saturated rings. The number of hydrogen-bond acceptors (Lipinski definition) is 1. The molecule has 13 heavy (non-hydrogen) atoms. The minimum Gasteiger partial charge on any atom is -0.392 e. The van der Waals surface area contributed by atoms with Gasteiger partial charge in [-0.15, -0.1) is 0 Å². The Morgan fingerprint density at radius 3 is 2.92 bits per heavy atom. The predicted molar refractivity (Wildman–Crippen MR) is 52.2 cm³/mol. The number of fused-ring (bicyclic) bond motifs is 3. The van der Waals surface area contributed by atoms with Crippen LogP contribution in [0.1, 0.15) is 32.6 Å². The van der Waals surface area contributed by atoms with E-state index in [2.05, 4.69) is 19.1 Å². The summed E-state index contributed by atoms with van der Waals surface area (Å²) in [5, 5.41) is 10.3. The lowest BCUT2D eigenvalue weighted by molar-refractivity contribution is 0.0519. The van der Waals surface area contributed by atoms with E-state index in [0.29, 0.717) is 5.92 Å². The molecule has 0 unspecified atom stereocenters. The molecule has 3 aliphatic carbocycles. The van der Waals surface area contributed by atoms with Crippen molar-refractivity contribution in [1.29, 1.82) is 0 Å². The van der Waals surface area contributed by atoms with E-state index in [1.807, 2.05) is 0 Å². The highest BCUT2D eigenvalue weighted by atomic mass is 16.3. The second-order valence-corrected chi connectivity index (χ2v) is 5.31. The maximum atomic E-state index is 10.3. The second-order valence-electron chi connectivity index (χ2n) is 5.31. The fourth-order valence-corrected chi connectivity index (χ4v) is 4.17. The van der Waals surface area contributed by atoms with Gasteiger partial charge in [0.05, 0.1) is 6.10 Å². The number of rotatable bonds is 0. The van der Waals surface area contributed by atoms with Crippen LogP contribution < -0.4 is 0 Å². The van der Waals surface area contributed by atoms with Gasteiger partial charge in [0.2, 0.25) is 0 Å². The van der Waals surface area contributed by atoms with Crippen LogP contribution >= 0.6 is 0 Å². The van der Waals surface area contributed by atoms with Gasteiger partial charge in [-0.1, -0.05) is 25.5 Å². The van der Waals surface area contributed by atoms with Gasteiger partial charge in [0.1, 0.15) is 0 Å². The van der Waals surface area contributed by atoms with Crippen LogP contribution in [-0.4, -0.2) is 11.2 Å². The fourth-order valence-electron chi connectivity index (χ4n) is 4.17. The number of hydrogen-bond donors (Lipinski definition) is 1. The van der Waals surface area contributed by atoms with Gasteiger partial charge < -0.3 is 5.11 Å². The lowest BCUT2D eigenvalue weighted by Gasteiger charge is -2.29.